The van der Waals surface area contributed by atoms with Gasteiger partial charge in [0.05, 0.1) is 12.8 Å². The molecule has 0 unspecified atom stereocenters. The average molecular weight is 348 g/mol. The summed E-state index contributed by atoms with van der Waals surface area (Å²) >= 11 is 6.02. The minimum absolute atomic E-state index is 0.112. The lowest BCUT2D eigenvalue weighted by atomic mass is 10.1. The molecule has 0 atom stereocenters. The van der Waals surface area contributed by atoms with E-state index >= 15 is 0 Å². The fourth-order valence-electron chi connectivity index (χ4n) is 2.13. The molecule has 128 valence electrons. The number of amides is 1. The quantitative estimate of drug-likeness (QED) is 0.785. The first-order valence-corrected chi connectivity index (χ1v) is 8.22. The van der Waals surface area contributed by atoms with Crippen molar-refractivity contribution in [2.45, 2.75) is 20.3 Å². The largest absolute Gasteiger partial charge is 0.495 e. The molecule has 24 heavy (non-hydrogen) atoms. The second-order valence-electron chi connectivity index (χ2n) is 5.84. The molecular formula is C18H22ClN3O2. The van der Waals surface area contributed by atoms with E-state index in [-0.39, 0.29) is 5.91 Å². The van der Waals surface area contributed by atoms with Gasteiger partial charge in [-0.1, -0.05) is 25.4 Å². The molecule has 2 N–H and O–H groups in total. The number of benzene rings is 1. The predicted octanol–water partition coefficient (Wildman–Crippen LogP) is 4.26. The zero-order valence-corrected chi connectivity index (χ0v) is 14.9. The molecule has 0 aliphatic carbocycles. The maximum Gasteiger partial charge on any atom is 0.251 e. The Balaban J connectivity index is 2.10. The van der Waals surface area contributed by atoms with Crippen LogP contribution in [0.25, 0.3) is 0 Å². The second kappa shape index (κ2) is 8.55. The molecule has 5 nitrogen and oxygen atoms in total. The molecule has 0 saturated carbocycles. The minimum Gasteiger partial charge on any atom is -0.495 e. The van der Waals surface area contributed by atoms with Crippen LogP contribution in [0.15, 0.2) is 36.5 Å². The zero-order chi connectivity index (χ0) is 17.5. The highest BCUT2D eigenvalue weighted by Crippen LogP contribution is 2.30. The Morgan fingerprint density at radius 3 is 2.79 bits per heavy atom. The summed E-state index contributed by atoms with van der Waals surface area (Å²) in [6.07, 6.45) is 2.54. The van der Waals surface area contributed by atoms with Gasteiger partial charge in [-0.25, -0.2) is 4.98 Å². The summed E-state index contributed by atoms with van der Waals surface area (Å²) in [4.78, 5) is 16.4. The normalized spacial score (nSPS) is 10.5. The molecule has 2 aromatic rings. The van der Waals surface area contributed by atoms with Crippen molar-refractivity contribution < 1.29 is 9.53 Å². The monoisotopic (exact) mass is 347 g/mol. The van der Waals surface area contributed by atoms with Crippen molar-refractivity contribution in [3.05, 3.63) is 47.1 Å². The lowest BCUT2D eigenvalue weighted by molar-refractivity contribution is 0.0952. The van der Waals surface area contributed by atoms with E-state index in [9.17, 15) is 4.79 Å². The lowest BCUT2D eigenvalue weighted by Gasteiger charge is -2.12. The van der Waals surface area contributed by atoms with Crippen LogP contribution in [0.5, 0.6) is 5.75 Å². The van der Waals surface area contributed by atoms with Crippen LogP contribution in [0.2, 0.25) is 5.02 Å². The third-order valence-corrected chi connectivity index (χ3v) is 3.69. The highest BCUT2D eigenvalue weighted by Gasteiger charge is 2.09. The highest BCUT2D eigenvalue weighted by molar-refractivity contribution is 6.31. The van der Waals surface area contributed by atoms with Crippen LogP contribution in [0.4, 0.5) is 11.5 Å². The van der Waals surface area contributed by atoms with Crippen LogP contribution in [0, 0.1) is 5.92 Å². The van der Waals surface area contributed by atoms with Gasteiger partial charge in [-0.05, 0) is 42.7 Å². The van der Waals surface area contributed by atoms with Crippen molar-refractivity contribution in [2.24, 2.45) is 5.92 Å². The maximum absolute atomic E-state index is 12.2. The Morgan fingerprint density at radius 2 is 2.08 bits per heavy atom. The van der Waals surface area contributed by atoms with Crippen LogP contribution in [-0.4, -0.2) is 24.5 Å². The smallest absolute Gasteiger partial charge is 0.251 e. The number of nitrogens with one attached hydrogen (secondary N) is 2. The Bertz CT molecular complexity index is 704. The standard InChI is InChI=1S/C18H22ClN3O2/c1-12(2)6-8-21-18(23)13-7-9-20-17(10-13)22-15-11-14(19)4-5-16(15)24-3/h4-5,7,9-12H,6,8H2,1-3H3,(H,20,22)(H,21,23). The van der Waals surface area contributed by atoms with Crippen molar-refractivity contribution in [2.75, 3.05) is 19.0 Å². The number of nitrogens with zero attached hydrogens (tertiary/aromatic N) is 1. The lowest BCUT2D eigenvalue weighted by Crippen LogP contribution is -2.25. The fourth-order valence-corrected chi connectivity index (χ4v) is 2.30. The molecule has 0 aliphatic heterocycles. The van der Waals surface area contributed by atoms with Gasteiger partial charge >= 0.3 is 0 Å². The topological polar surface area (TPSA) is 63.2 Å². The number of halogens is 1. The Hall–Kier alpha value is -2.27. The number of aromatic nitrogens is 1. The Labute approximate surface area is 147 Å². The van der Waals surface area contributed by atoms with Crippen LogP contribution in [0.3, 0.4) is 0 Å². The first kappa shape index (κ1) is 18.1. The van der Waals surface area contributed by atoms with Gasteiger partial charge in [-0.2, -0.15) is 0 Å². The SMILES string of the molecule is COc1ccc(Cl)cc1Nc1cc(C(=O)NCCC(C)C)ccn1. The second-order valence-corrected chi connectivity index (χ2v) is 6.27. The third kappa shape index (κ3) is 5.13. The van der Waals surface area contributed by atoms with Crippen molar-refractivity contribution >= 4 is 29.0 Å². The van der Waals surface area contributed by atoms with E-state index in [4.69, 9.17) is 16.3 Å². The van der Waals surface area contributed by atoms with E-state index in [2.05, 4.69) is 29.5 Å². The summed E-state index contributed by atoms with van der Waals surface area (Å²) < 4.78 is 5.30. The summed E-state index contributed by atoms with van der Waals surface area (Å²) in [6, 6.07) is 8.65. The van der Waals surface area contributed by atoms with E-state index in [0.717, 1.165) is 6.42 Å². The molecule has 2 rings (SSSR count). The number of rotatable bonds is 7. The molecule has 0 radical (unpaired) electrons. The van der Waals surface area contributed by atoms with Gasteiger partial charge in [0.1, 0.15) is 11.6 Å². The van der Waals surface area contributed by atoms with Gasteiger partial charge in [0.15, 0.2) is 0 Å². The molecule has 6 heteroatoms. The summed E-state index contributed by atoms with van der Waals surface area (Å²) in [6.45, 7) is 4.90. The first-order valence-electron chi connectivity index (χ1n) is 7.84. The van der Waals surface area contributed by atoms with Gasteiger partial charge in [0.25, 0.3) is 5.91 Å². The Morgan fingerprint density at radius 1 is 1.29 bits per heavy atom. The van der Waals surface area contributed by atoms with E-state index in [0.29, 0.717) is 40.3 Å². The number of carbonyl (C=O) groups excluding carboxylic acids is 1. The summed E-state index contributed by atoms with van der Waals surface area (Å²) in [7, 11) is 1.58. The number of methoxy groups -OCH3 is 1. The zero-order valence-electron chi connectivity index (χ0n) is 14.1. The number of hydrogen-bond donors (Lipinski definition) is 2. The molecular weight excluding hydrogens is 326 g/mol. The molecule has 0 fully saturated rings. The summed E-state index contributed by atoms with van der Waals surface area (Å²) in [5.41, 5.74) is 1.24. The van der Waals surface area contributed by atoms with Crippen molar-refractivity contribution in [3.63, 3.8) is 0 Å². The third-order valence-electron chi connectivity index (χ3n) is 3.45. The van der Waals surface area contributed by atoms with Crippen molar-refractivity contribution in [1.29, 1.82) is 0 Å². The molecule has 1 heterocycles. The molecule has 1 aromatic heterocycles. The predicted molar refractivity (Wildman–Crippen MR) is 97.3 cm³/mol. The number of carbonyl (C=O) groups is 1. The average Bonchev–Trinajstić information content (AvgIpc) is 2.55. The fraction of sp³-hybridized carbons (Fsp3) is 0.333. The first-order chi connectivity index (χ1) is 11.5. The van der Waals surface area contributed by atoms with Crippen molar-refractivity contribution in [1.82, 2.24) is 10.3 Å². The van der Waals surface area contributed by atoms with Gasteiger partial charge in [0, 0.05) is 23.3 Å². The van der Waals surface area contributed by atoms with Crippen LogP contribution in [0.1, 0.15) is 30.6 Å². The van der Waals surface area contributed by atoms with Gasteiger partial charge in [0.2, 0.25) is 0 Å². The molecule has 1 amide bonds. The minimum atomic E-state index is -0.112. The van der Waals surface area contributed by atoms with E-state index < -0.39 is 0 Å². The van der Waals surface area contributed by atoms with Gasteiger partial charge in [-0.3, -0.25) is 4.79 Å². The summed E-state index contributed by atoms with van der Waals surface area (Å²) in [5, 5.41) is 6.63. The molecule has 0 aliphatic rings. The highest BCUT2D eigenvalue weighted by atomic mass is 35.5. The number of hydrogen-bond acceptors (Lipinski definition) is 4. The van der Waals surface area contributed by atoms with Crippen molar-refractivity contribution in [3.8, 4) is 5.75 Å². The number of pyridine rings is 1. The maximum atomic E-state index is 12.2. The summed E-state index contributed by atoms with van der Waals surface area (Å²) in [5.74, 6) is 1.63. The van der Waals surface area contributed by atoms with Crippen LogP contribution < -0.4 is 15.4 Å². The van der Waals surface area contributed by atoms with Crippen LogP contribution >= 0.6 is 11.6 Å². The Kier molecular flexibility index (Phi) is 6.44. The van der Waals surface area contributed by atoms with E-state index in [1.807, 2.05) is 0 Å². The molecule has 1 aromatic carbocycles. The van der Waals surface area contributed by atoms with Gasteiger partial charge in [-0.15, -0.1) is 0 Å². The number of ether oxygens (including phenoxy) is 1. The van der Waals surface area contributed by atoms with Crippen LogP contribution in [-0.2, 0) is 0 Å². The van der Waals surface area contributed by atoms with E-state index in [1.165, 1.54) is 0 Å². The molecule has 0 spiro atoms. The van der Waals surface area contributed by atoms with E-state index in [1.54, 1.807) is 43.6 Å². The molecule has 0 bridgehead atoms. The number of anilines is 2. The van der Waals surface area contributed by atoms with Gasteiger partial charge < -0.3 is 15.4 Å². The molecule has 0 saturated heterocycles.